The Morgan fingerprint density at radius 2 is 1.77 bits per heavy atom. The number of anilines is 2. The van der Waals surface area contributed by atoms with E-state index < -0.39 is 24.5 Å². The van der Waals surface area contributed by atoms with Crippen LogP contribution in [0.4, 0.5) is 11.4 Å². The number of carbonyl (C=O) groups excluding carboxylic acids is 4. The molecule has 8 nitrogen and oxygen atoms in total. The highest BCUT2D eigenvalue weighted by Gasteiger charge is 2.22. The summed E-state index contributed by atoms with van der Waals surface area (Å²) in [6.07, 6.45) is 1.31. The Bertz CT molecular complexity index is 943. The molecule has 1 aliphatic heterocycles. The summed E-state index contributed by atoms with van der Waals surface area (Å²) in [5, 5.41) is 5.37. The first-order valence-corrected chi connectivity index (χ1v) is 10.1. The summed E-state index contributed by atoms with van der Waals surface area (Å²) in [5.74, 6) is -1.25. The second-order valence-corrected chi connectivity index (χ2v) is 7.27. The molecule has 0 aliphatic carbocycles. The Labute approximate surface area is 180 Å². The Hall–Kier alpha value is -3.68. The van der Waals surface area contributed by atoms with Crippen molar-refractivity contribution in [3.8, 4) is 0 Å². The predicted molar refractivity (Wildman–Crippen MR) is 115 cm³/mol. The number of benzene rings is 2. The summed E-state index contributed by atoms with van der Waals surface area (Å²) in [6.45, 7) is 1.63. The second-order valence-electron chi connectivity index (χ2n) is 7.27. The molecule has 0 spiro atoms. The molecule has 1 fully saturated rings. The van der Waals surface area contributed by atoms with Gasteiger partial charge in [-0.15, -0.1) is 0 Å². The highest BCUT2D eigenvalue weighted by Crippen LogP contribution is 2.23. The van der Waals surface area contributed by atoms with Gasteiger partial charge >= 0.3 is 5.97 Å². The molecule has 1 saturated heterocycles. The molecule has 0 aromatic heterocycles. The van der Waals surface area contributed by atoms with Gasteiger partial charge in [0.15, 0.2) is 6.61 Å². The van der Waals surface area contributed by atoms with E-state index in [1.165, 1.54) is 6.92 Å². The molecule has 0 saturated carbocycles. The van der Waals surface area contributed by atoms with E-state index in [2.05, 4.69) is 10.6 Å². The third-order valence-electron chi connectivity index (χ3n) is 4.85. The fourth-order valence-corrected chi connectivity index (χ4v) is 3.40. The van der Waals surface area contributed by atoms with Crippen LogP contribution in [-0.4, -0.2) is 36.8 Å². The van der Waals surface area contributed by atoms with Crippen molar-refractivity contribution in [3.05, 3.63) is 60.2 Å². The van der Waals surface area contributed by atoms with Crippen molar-refractivity contribution < 1.29 is 23.9 Å². The van der Waals surface area contributed by atoms with Gasteiger partial charge in [-0.05, 0) is 36.2 Å². The number of amides is 3. The number of rotatable bonds is 8. The molecule has 8 heteroatoms. The molecule has 0 radical (unpaired) electrons. The first-order chi connectivity index (χ1) is 14.9. The highest BCUT2D eigenvalue weighted by molar-refractivity contribution is 5.96. The average molecular weight is 423 g/mol. The van der Waals surface area contributed by atoms with Crippen LogP contribution in [0, 0.1) is 0 Å². The number of nitrogens with zero attached hydrogens (tertiary/aromatic N) is 1. The van der Waals surface area contributed by atoms with Crippen LogP contribution in [0.3, 0.4) is 0 Å². The molecule has 3 rings (SSSR count). The first-order valence-electron chi connectivity index (χ1n) is 10.1. The van der Waals surface area contributed by atoms with Gasteiger partial charge in [0.25, 0.3) is 5.91 Å². The van der Waals surface area contributed by atoms with Crippen molar-refractivity contribution in [2.75, 3.05) is 23.4 Å². The highest BCUT2D eigenvalue weighted by atomic mass is 16.5. The lowest BCUT2D eigenvalue weighted by Crippen LogP contribution is -2.29. The lowest BCUT2D eigenvalue weighted by molar-refractivity contribution is -0.148. The lowest BCUT2D eigenvalue weighted by atomic mass is 10.0. The summed E-state index contributed by atoms with van der Waals surface area (Å²) < 4.78 is 5.07. The van der Waals surface area contributed by atoms with Gasteiger partial charge in [0, 0.05) is 31.3 Å². The number of carbonyl (C=O) groups is 4. The third-order valence-corrected chi connectivity index (χ3v) is 4.85. The molecule has 1 atom stereocenters. The number of hydrogen-bond donors (Lipinski definition) is 2. The van der Waals surface area contributed by atoms with Gasteiger partial charge in [-0.3, -0.25) is 19.2 Å². The van der Waals surface area contributed by atoms with E-state index in [9.17, 15) is 19.2 Å². The van der Waals surface area contributed by atoms with Crippen LogP contribution in [0.2, 0.25) is 0 Å². The van der Waals surface area contributed by atoms with Gasteiger partial charge < -0.3 is 20.3 Å². The summed E-state index contributed by atoms with van der Waals surface area (Å²) in [6, 6.07) is 15.5. The van der Waals surface area contributed by atoms with Crippen molar-refractivity contribution in [3.63, 3.8) is 0 Å². The van der Waals surface area contributed by atoms with Gasteiger partial charge in [-0.25, -0.2) is 0 Å². The molecule has 0 bridgehead atoms. The second kappa shape index (κ2) is 10.4. The van der Waals surface area contributed by atoms with Crippen LogP contribution in [-0.2, 0) is 23.9 Å². The van der Waals surface area contributed by atoms with E-state index in [-0.39, 0.29) is 18.2 Å². The normalized spacial score (nSPS) is 14.1. The van der Waals surface area contributed by atoms with Gasteiger partial charge in [0.2, 0.25) is 11.8 Å². The quantitative estimate of drug-likeness (QED) is 0.635. The monoisotopic (exact) mass is 423 g/mol. The van der Waals surface area contributed by atoms with Crippen molar-refractivity contribution in [2.24, 2.45) is 0 Å². The molecular formula is C23H25N3O5. The molecule has 0 unspecified atom stereocenters. The molecule has 3 amide bonds. The number of ether oxygens (including phenoxy) is 1. The van der Waals surface area contributed by atoms with Crippen LogP contribution in [0.5, 0.6) is 0 Å². The van der Waals surface area contributed by atoms with E-state index in [1.807, 2.05) is 18.2 Å². The van der Waals surface area contributed by atoms with Gasteiger partial charge in [-0.2, -0.15) is 0 Å². The zero-order valence-corrected chi connectivity index (χ0v) is 17.3. The Morgan fingerprint density at radius 3 is 2.39 bits per heavy atom. The van der Waals surface area contributed by atoms with Crippen LogP contribution >= 0.6 is 0 Å². The lowest BCUT2D eigenvalue weighted by Gasteiger charge is -2.17. The molecule has 2 N–H and O–H groups in total. The van der Waals surface area contributed by atoms with Crippen molar-refractivity contribution in [1.29, 1.82) is 0 Å². The van der Waals surface area contributed by atoms with Crippen molar-refractivity contribution >= 4 is 35.1 Å². The molecule has 2 aromatic rings. The van der Waals surface area contributed by atoms with Crippen LogP contribution in [0.15, 0.2) is 54.6 Å². The zero-order valence-electron chi connectivity index (χ0n) is 17.3. The van der Waals surface area contributed by atoms with Gasteiger partial charge in [-0.1, -0.05) is 30.3 Å². The topological polar surface area (TPSA) is 105 Å². The van der Waals surface area contributed by atoms with E-state index in [0.717, 1.165) is 17.7 Å². The van der Waals surface area contributed by atoms with E-state index in [1.54, 1.807) is 41.3 Å². The minimum atomic E-state index is -0.597. The van der Waals surface area contributed by atoms with Crippen LogP contribution in [0.1, 0.15) is 37.8 Å². The summed E-state index contributed by atoms with van der Waals surface area (Å²) in [4.78, 5) is 49.3. The standard InChI is InChI=1S/C23H25N3O5/c1-16(27)24-20(17-6-3-2-4-7-17)14-23(30)31-15-21(28)25-18-9-11-19(12-10-18)26-13-5-8-22(26)29/h2-4,6-7,9-12,20H,5,8,13-15H2,1H3,(H,24,27)(H,25,28)/t20-/m1/s1. The molecule has 31 heavy (non-hydrogen) atoms. The van der Waals surface area contributed by atoms with E-state index in [4.69, 9.17) is 4.74 Å². The Morgan fingerprint density at radius 1 is 1.06 bits per heavy atom. The fourth-order valence-electron chi connectivity index (χ4n) is 3.40. The molecule has 162 valence electrons. The maximum Gasteiger partial charge on any atom is 0.308 e. The van der Waals surface area contributed by atoms with Crippen molar-refractivity contribution in [1.82, 2.24) is 5.32 Å². The minimum Gasteiger partial charge on any atom is -0.455 e. The minimum absolute atomic E-state index is 0.0879. The first kappa shape index (κ1) is 22.0. The summed E-state index contributed by atoms with van der Waals surface area (Å²) >= 11 is 0. The smallest absolute Gasteiger partial charge is 0.308 e. The fraction of sp³-hybridized carbons (Fsp3) is 0.304. The summed E-state index contributed by atoms with van der Waals surface area (Å²) in [7, 11) is 0. The number of esters is 1. The van der Waals surface area contributed by atoms with E-state index in [0.29, 0.717) is 18.7 Å². The maximum absolute atomic E-state index is 12.2. The third kappa shape index (κ3) is 6.40. The van der Waals surface area contributed by atoms with Crippen molar-refractivity contribution in [2.45, 2.75) is 32.2 Å². The summed E-state index contributed by atoms with van der Waals surface area (Å²) in [5.41, 5.74) is 2.10. The largest absolute Gasteiger partial charge is 0.455 e. The average Bonchev–Trinajstić information content (AvgIpc) is 3.18. The molecule has 1 heterocycles. The van der Waals surface area contributed by atoms with Crippen LogP contribution in [0.25, 0.3) is 0 Å². The van der Waals surface area contributed by atoms with Gasteiger partial charge in [0.1, 0.15) is 0 Å². The predicted octanol–water partition coefficient (Wildman–Crippen LogP) is 2.56. The maximum atomic E-state index is 12.2. The number of nitrogens with one attached hydrogen (secondary N) is 2. The molecular weight excluding hydrogens is 398 g/mol. The zero-order chi connectivity index (χ0) is 22.2. The Balaban J connectivity index is 1.48. The Kier molecular flexibility index (Phi) is 7.37. The van der Waals surface area contributed by atoms with E-state index >= 15 is 0 Å². The SMILES string of the molecule is CC(=O)N[C@H](CC(=O)OCC(=O)Nc1ccc(N2CCCC2=O)cc1)c1ccccc1. The number of hydrogen-bond acceptors (Lipinski definition) is 5. The van der Waals surface area contributed by atoms with Crippen LogP contribution < -0.4 is 15.5 Å². The molecule has 1 aliphatic rings. The molecule has 2 aromatic carbocycles. The van der Waals surface area contributed by atoms with Gasteiger partial charge in [0.05, 0.1) is 12.5 Å².